The highest BCUT2D eigenvalue weighted by Gasteiger charge is 2.40. The van der Waals surface area contributed by atoms with Crippen molar-refractivity contribution in [3.05, 3.63) is 119 Å². The summed E-state index contributed by atoms with van der Waals surface area (Å²) in [6.45, 7) is 15.0. The molecule has 0 aliphatic rings. The monoisotopic (exact) mass is 1210 g/mol. The molecule has 0 saturated carbocycles. The van der Waals surface area contributed by atoms with Gasteiger partial charge in [0, 0.05) is 6.66 Å². The standard InChI is InChI=1S/2C18H17F5NO5P.C6H13NO2.CH3Cl2OP.ClH/c2*1-9(2)27-18(25)10(3)24-30(26,28-11-7-5-4-6-8-11)29-17-15(22)13(20)12(19)14(21)16(17)23;1-4(2)9-6(8)5(3)7;1-5(2,3)4;/h2*4-10H,1-3H3,(H,24,26);4-5H,7H2,1-3H3;1H3;1H/t10-,30+;10-,30-;5-;;/m000../s1. The van der Waals surface area contributed by atoms with Crippen molar-refractivity contribution in [3.8, 4) is 23.0 Å². The molecule has 0 heterocycles. The minimum Gasteiger partial charge on any atom is -0.462 e. The number of hydrogen-bond donors (Lipinski definition) is 3. The fourth-order valence-electron chi connectivity index (χ4n) is 4.54. The quantitative estimate of drug-likeness (QED) is 0.0211. The summed E-state index contributed by atoms with van der Waals surface area (Å²) in [6, 6.07) is 10.8. The van der Waals surface area contributed by atoms with Crippen molar-refractivity contribution in [2.24, 2.45) is 5.73 Å². The van der Waals surface area contributed by atoms with E-state index in [0.29, 0.717) is 0 Å². The van der Waals surface area contributed by atoms with E-state index < -0.39 is 133 Å². The third-order valence-electron chi connectivity index (χ3n) is 7.54. The molecule has 0 amide bonds. The van der Waals surface area contributed by atoms with Gasteiger partial charge in [0.05, 0.1) is 18.3 Å². The highest BCUT2D eigenvalue weighted by molar-refractivity contribution is 8.08. The SMILES string of the molecule is CC(C)OC(=O)[C@H](C)N.CC(C)OC(=O)[C@H](C)N[P@@](=O)(Oc1ccccc1)Oc1c(F)c(F)c(F)c(F)c1F.CC(C)OC(=O)[C@H](C)N[P@](=O)(Oc1ccccc1)Oc1c(F)c(F)c(F)c(F)c1F.CP(=O)(Cl)Cl.Cl. The molecule has 4 aromatic carbocycles. The summed E-state index contributed by atoms with van der Waals surface area (Å²) in [5.41, 5.74) is 5.21. The van der Waals surface area contributed by atoms with Gasteiger partial charge in [-0.3, -0.25) is 18.9 Å². The third-order valence-corrected chi connectivity index (χ3v) is 10.7. The first-order valence-electron chi connectivity index (χ1n) is 20.9. The van der Waals surface area contributed by atoms with E-state index in [1.165, 1.54) is 96.7 Å². The molecule has 422 valence electrons. The number of rotatable bonds is 18. The molecule has 0 spiro atoms. The maximum absolute atomic E-state index is 14.0. The van der Waals surface area contributed by atoms with Gasteiger partial charge in [-0.1, -0.05) is 36.4 Å². The van der Waals surface area contributed by atoms with Gasteiger partial charge < -0.3 is 38.0 Å². The van der Waals surface area contributed by atoms with Gasteiger partial charge in [0.1, 0.15) is 29.6 Å². The van der Waals surface area contributed by atoms with Crippen LogP contribution >= 0.6 is 56.2 Å². The maximum atomic E-state index is 14.0. The fraction of sp³-hybridized carbons (Fsp3) is 0.372. The summed E-state index contributed by atoms with van der Waals surface area (Å²) in [7, 11) is -9.82. The van der Waals surface area contributed by atoms with E-state index in [-0.39, 0.29) is 36.0 Å². The Balaban J connectivity index is 0.00000115. The van der Waals surface area contributed by atoms with Crippen molar-refractivity contribution in [2.45, 2.75) is 98.8 Å². The lowest BCUT2D eigenvalue weighted by atomic mass is 10.3. The molecule has 0 radical (unpaired) electrons. The molecule has 0 saturated heterocycles. The Kier molecular flexibility index (Phi) is 29.5. The molecular weight excluding hydrogens is 1160 g/mol. The Hall–Kier alpha value is -4.77. The van der Waals surface area contributed by atoms with Gasteiger partial charge in [0.25, 0.3) is 0 Å². The number of nitrogens with two attached hydrogens (primary N) is 1. The third kappa shape index (κ3) is 24.4. The number of halogens is 13. The molecule has 0 fully saturated rings. The maximum Gasteiger partial charge on any atom is 0.513 e. The average Bonchev–Trinajstić information content (AvgIpc) is 3.29. The zero-order valence-corrected chi connectivity index (χ0v) is 45.9. The van der Waals surface area contributed by atoms with Crippen molar-refractivity contribution in [1.82, 2.24) is 10.2 Å². The Labute approximate surface area is 440 Å². The number of carbonyl (C=O) groups is 3. The van der Waals surface area contributed by atoms with Crippen LogP contribution in [0.4, 0.5) is 43.9 Å². The average molecular weight is 1210 g/mol. The molecule has 16 nitrogen and oxygen atoms in total. The molecule has 0 aromatic heterocycles. The summed E-state index contributed by atoms with van der Waals surface area (Å²) in [5, 5.41) is 4.14. The van der Waals surface area contributed by atoms with Crippen LogP contribution in [-0.4, -0.2) is 61.0 Å². The number of benzene rings is 4. The van der Waals surface area contributed by atoms with E-state index in [0.717, 1.165) is 0 Å². The first kappa shape index (κ1) is 70.2. The molecule has 0 unspecified atom stereocenters. The van der Waals surface area contributed by atoms with E-state index in [1.807, 2.05) is 0 Å². The van der Waals surface area contributed by atoms with E-state index in [4.69, 9.17) is 51.5 Å². The summed E-state index contributed by atoms with van der Waals surface area (Å²) >= 11 is 9.70. The van der Waals surface area contributed by atoms with E-state index in [1.54, 1.807) is 32.9 Å². The molecule has 75 heavy (non-hydrogen) atoms. The summed E-state index contributed by atoms with van der Waals surface area (Å²) in [4.78, 5) is 34.6. The lowest BCUT2D eigenvalue weighted by molar-refractivity contribution is -0.149. The molecule has 0 aliphatic carbocycles. The predicted octanol–water partition coefficient (Wildman–Crippen LogP) is 12.7. The normalized spacial score (nSPS) is 13.7. The molecule has 4 N–H and O–H groups in total. The predicted molar refractivity (Wildman–Crippen MR) is 258 cm³/mol. The van der Waals surface area contributed by atoms with Gasteiger partial charge >= 0.3 is 33.4 Å². The topological polar surface area (TPSA) is 217 Å². The minimum absolute atomic E-state index is 0. The van der Waals surface area contributed by atoms with Crippen LogP contribution in [0.25, 0.3) is 0 Å². The van der Waals surface area contributed by atoms with Gasteiger partial charge in [0.15, 0.2) is 0 Å². The van der Waals surface area contributed by atoms with Crippen molar-refractivity contribution in [2.75, 3.05) is 6.66 Å². The van der Waals surface area contributed by atoms with Crippen LogP contribution in [-0.2, 0) is 42.3 Å². The summed E-state index contributed by atoms with van der Waals surface area (Å²) in [5.74, 6) is -32.3. The van der Waals surface area contributed by atoms with Gasteiger partial charge in [-0.2, -0.15) is 27.7 Å². The number of esters is 3. The van der Waals surface area contributed by atoms with Crippen LogP contribution < -0.4 is 34.0 Å². The van der Waals surface area contributed by atoms with Crippen LogP contribution in [0.3, 0.4) is 0 Å². The Morgan fingerprint density at radius 1 is 0.453 bits per heavy atom. The highest BCUT2D eigenvalue weighted by Crippen LogP contribution is 2.52. The lowest BCUT2D eigenvalue weighted by Gasteiger charge is -2.24. The lowest BCUT2D eigenvalue weighted by Crippen LogP contribution is -2.37. The van der Waals surface area contributed by atoms with Crippen LogP contribution in [0, 0.1) is 58.2 Å². The molecular formula is C43H51Cl3F10N3O13P3. The molecule has 5 atom stereocenters. The van der Waals surface area contributed by atoms with Crippen molar-refractivity contribution < 1.29 is 104 Å². The van der Waals surface area contributed by atoms with Crippen LogP contribution in [0.1, 0.15) is 62.3 Å². The number of hydrogen-bond acceptors (Lipinski definition) is 14. The fourth-order valence-corrected chi connectivity index (χ4v) is 7.59. The van der Waals surface area contributed by atoms with Gasteiger partial charge in [-0.05, 0) is 109 Å². The van der Waals surface area contributed by atoms with Gasteiger partial charge in [0.2, 0.25) is 75.5 Å². The zero-order chi connectivity index (χ0) is 57.2. The number of ether oxygens (including phenoxy) is 3. The van der Waals surface area contributed by atoms with E-state index in [2.05, 4.69) is 19.2 Å². The Morgan fingerprint density at radius 3 is 0.893 bits per heavy atom. The molecule has 0 bridgehead atoms. The molecule has 32 heteroatoms. The first-order valence-corrected chi connectivity index (χ1v) is 28.0. The van der Waals surface area contributed by atoms with Gasteiger partial charge in [-0.25, -0.2) is 35.5 Å². The number of nitrogens with one attached hydrogen (secondary N) is 2. The van der Waals surface area contributed by atoms with Crippen molar-refractivity contribution in [3.63, 3.8) is 0 Å². The number of para-hydroxylation sites is 2. The molecule has 4 rings (SSSR count). The molecule has 0 aliphatic heterocycles. The Bertz CT molecular complexity index is 2460. The Morgan fingerprint density at radius 2 is 0.680 bits per heavy atom. The second-order valence-corrected chi connectivity index (χ2v) is 24.5. The summed E-state index contributed by atoms with van der Waals surface area (Å²) < 4.78 is 206. The zero-order valence-electron chi connectivity index (χ0n) is 40.9. The first-order chi connectivity index (χ1) is 33.9. The largest absolute Gasteiger partial charge is 0.513 e. The van der Waals surface area contributed by atoms with E-state index in [9.17, 15) is 72.0 Å². The number of carbonyl (C=O) groups excluding carboxylic acids is 3. The van der Waals surface area contributed by atoms with Gasteiger partial charge in [-0.15, -0.1) is 12.4 Å². The van der Waals surface area contributed by atoms with Crippen molar-refractivity contribution in [1.29, 1.82) is 0 Å². The van der Waals surface area contributed by atoms with Crippen LogP contribution in [0.5, 0.6) is 23.0 Å². The van der Waals surface area contributed by atoms with Crippen LogP contribution in [0.2, 0.25) is 0 Å². The minimum atomic E-state index is -4.91. The molecule has 4 aromatic rings. The smallest absolute Gasteiger partial charge is 0.462 e. The second-order valence-electron chi connectivity index (χ2n) is 15.5. The second kappa shape index (κ2) is 31.5. The summed E-state index contributed by atoms with van der Waals surface area (Å²) in [6.07, 6.45) is -1.16. The highest BCUT2D eigenvalue weighted by atomic mass is 35.9. The van der Waals surface area contributed by atoms with Crippen molar-refractivity contribution >= 4 is 74.1 Å². The van der Waals surface area contributed by atoms with Crippen LogP contribution in [0.15, 0.2) is 60.7 Å². The van der Waals surface area contributed by atoms with E-state index >= 15 is 0 Å².